The molecule has 2 heterocycles. The maximum Gasteiger partial charge on any atom is 0.252 e. The van der Waals surface area contributed by atoms with Gasteiger partial charge in [-0.1, -0.05) is 0 Å². The Hall–Kier alpha value is -0.100. The van der Waals surface area contributed by atoms with Crippen LogP contribution < -0.4 is 10.6 Å². The Bertz CT molecular complexity index is 366. The van der Waals surface area contributed by atoms with Gasteiger partial charge >= 0.3 is 0 Å². The number of carbonyl (C=O) groups excluding carboxylic acids is 1. The lowest BCUT2D eigenvalue weighted by Gasteiger charge is -2.10. The van der Waals surface area contributed by atoms with Crippen molar-refractivity contribution in [3.63, 3.8) is 0 Å². The lowest BCUT2D eigenvalue weighted by atomic mass is 10.1. The molecule has 1 aromatic rings. The zero-order chi connectivity index (χ0) is 11.4. The van der Waals surface area contributed by atoms with Crippen molar-refractivity contribution in [1.82, 2.24) is 10.6 Å². The van der Waals surface area contributed by atoms with E-state index in [0.717, 1.165) is 28.9 Å². The third-order valence-corrected chi connectivity index (χ3v) is 4.27. The van der Waals surface area contributed by atoms with Crippen LogP contribution in [0.5, 0.6) is 0 Å². The van der Waals surface area contributed by atoms with Gasteiger partial charge in [-0.05, 0) is 47.8 Å². The van der Waals surface area contributed by atoms with Crippen LogP contribution in [0.3, 0.4) is 0 Å². The molecule has 0 spiro atoms. The van der Waals surface area contributed by atoms with Crippen molar-refractivity contribution < 1.29 is 4.79 Å². The highest BCUT2D eigenvalue weighted by molar-refractivity contribution is 9.11. The summed E-state index contributed by atoms with van der Waals surface area (Å²) in [7, 11) is 0. The Kier molecular flexibility index (Phi) is 6.48. The number of nitrogens with one attached hydrogen (secondary N) is 2. The van der Waals surface area contributed by atoms with Gasteiger partial charge in [-0.25, -0.2) is 0 Å². The molecule has 1 atom stereocenters. The van der Waals surface area contributed by atoms with Crippen molar-refractivity contribution >= 4 is 45.6 Å². The lowest BCUT2D eigenvalue weighted by molar-refractivity contribution is 0.0953. The first kappa shape index (κ1) is 15.0. The largest absolute Gasteiger partial charge is 0.352 e. The molecule has 0 radical (unpaired) electrons. The maximum atomic E-state index is 11.7. The van der Waals surface area contributed by atoms with Gasteiger partial charge in [-0.15, -0.1) is 23.7 Å². The van der Waals surface area contributed by atoms with Crippen LogP contribution in [0, 0.1) is 0 Å². The Morgan fingerprint density at radius 3 is 3.06 bits per heavy atom. The van der Waals surface area contributed by atoms with Gasteiger partial charge in [0, 0.05) is 18.0 Å². The van der Waals surface area contributed by atoms with Gasteiger partial charge in [0.1, 0.15) is 0 Å². The second-order valence-electron chi connectivity index (χ2n) is 3.98. The summed E-state index contributed by atoms with van der Waals surface area (Å²) in [4.78, 5) is 11.7. The smallest absolute Gasteiger partial charge is 0.252 e. The molecule has 0 aliphatic carbocycles. The molecular weight excluding hydrogens is 324 g/mol. The third-order valence-electron chi connectivity index (χ3n) is 2.77. The number of amides is 1. The molecule has 17 heavy (non-hydrogen) atoms. The molecule has 2 rings (SSSR count). The van der Waals surface area contributed by atoms with Gasteiger partial charge in [-0.3, -0.25) is 4.79 Å². The van der Waals surface area contributed by atoms with E-state index < -0.39 is 0 Å². The summed E-state index contributed by atoms with van der Waals surface area (Å²) < 4.78 is 0.995. The summed E-state index contributed by atoms with van der Waals surface area (Å²) in [6, 6.07) is 2.45. The van der Waals surface area contributed by atoms with E-state index in [-0.39, 0.29) is 18.3 Å². The summed E-state index contributed by atoms with van der Waals surface area (Å²) >= 11 is 4.89. The average Bonchev–Trinajstić information content (AvgIpc) is 2.89. The molecule has 1 saturated heterocycles. The Morgan fingerprint density at radius 1 is 1.65 bits per heavy atom. The van der Waals surface area contributed by atoms with Gasteiger partial charge in [0.05, 0.1) is 9.35 Å². The fraction of sp³-hybridized carbons (Fsp3) is 0.545. The minimum atomic E-state index is 0. The molecule has 0 bridgehead atoms. The quantitative estimate of drug-likeness (QED) is 0.885. The Balaban J connectivity index is 0.00000144. The predicted molar refractivity (Wildman–Crippen MR) is 77.2 cm³/mol. The van der Waals surface area contributed by atoms with Crippen LogP contribution in [-0.4, -0.2) is 25.0 Å². The molecule has 2 N–H and O–H groups in total. The van der Waals surface area contributed by atoms with Crippen LogP contribution in [0.4, 0.5) is 0 Å². The zero-order valence-electron chi connectivity index (χ0n) is 9.37. The second kappa shape index (κ2) is 7.36. The van der Waals surface area contributed by atoms with Crippen LogP contribution >= 0.6 is 39.7 Å². The molecule has 3 nitrogen and oxygen atoms in total. The van der Waals surface area contributed by atoms with Crippen LogP contribution in [0.15, 0.2) is 15.2 Å². The average molecular weight is 340 g/mol. The highest BCUT2D eigenvalue weighted by atomic mass is 79.9. The first-order valence-electron chi connectivity index (χ1n) is 5.51. The standard InChI is InChI=1S/C11H15BrN2OS.ClH/c12-10-6-8(7-16-10)11(15)14-5-3-9-2-1-4-13-9;/h6-7,9,13H,1-5H2,(H,14,15);1H/t9-;/m1./s1. The van der Waals surface area contributed by atoms with Crippen LogP contribution in [0.1, 0.15) is 29.6 Å². The van der Waals surface area contributed by atoms with E-state index in [1.54, 1.807) is 0 Å². The van der Waals surface area contributed by atoms with E-state index in [1.165, 1.54) is 24.2 Å². The van der Waals surface area contributed by atoms with Gasteiger partial charge < -0.3 is 10.6 Å². The van der Waals surface area contributed by atoms with Crippen molar-refractivity contribution in [2.24, 2.45) is 0 Å². The normalized spacial score (nSPS) is 18.8. The Labute approximate surface area is 120 Å². The summed E-state index contributed by atoms with van der Waals surface area (Å²) in [5.74, 6) is 0.0277. The van der Waals surface area contributed by atoms with Gasteiger partial charge in [0.15, 0.2) is 0 Å². The molecule has 1 amide bonds. The van der Waals surface area contributed by atoms with Gasteiger partial charge in [0.25, 0.3) is 5.91 Å². The second-order valence-corrected chi connectivity index (χ2v) is 6.27. The number of thiophene rings is 1. The number of rotatable bonds is 4. The van der Waals surface area contributed by atoms with Crippen LogP contribution in [0.2, 0.25) is 0 Å². The molecule has 1 aromatic heterocycles. The highest BCUT2D eigenvalue weighted by Gasteiger charge is 2.14. The lowest BCUT2D eigenvalue weighted by Crippen LogP contribution is -2.30. The highest BCUT2D eigenvalue weighted by Crippen LogP contribution is 2.20. The fourth-order valence-corrected chi connectivity index (χ4v) is 3.03. The van der Waals surface area contributed by atoms with Crippen LogP contribution in [-0.2, 0) is 0 Å². The number of hydrogen-bond donors (Lipinski definition) is 2. The summed E-state index contributed by atoms with van der Waals surface area (Å²) in [6.45, 7) is 1.88. The first-order chi connectivity index (χ1) is 7.75. The SMILES string of the molecule is Cl.O=C(NCC[C@H]1CCCN1)c1csc(Br)c1. The topological polar surface area (TPSA) is 41.1 Å². The van der Waals surface area contributed by atoms with Crippen molar-refractivity contribution in [2.75, 3.05) is 13.1 Å². The summed E-state index contributed by atoms with van der Waals surface area (Å²) in [5.41, 5.74) is 0.747. The number of hydrogen-bond acceptors (Lipinski definition) is 3. The van der Waals surface area contributed by atoms with Crippen molar-refractivity contribution in [3.05, 3.63) is 20.8 Å². The third kappa shape index (κ3) is 4.58. The fourth-order valence-electron chi connectivity index (χ4n) is 1.89. The monoisotopic (exact) mass is 338 g/mol. The minimum absolute atomic E-state index is 0. The summed E-state index contributed by atoms with van der Waals surface area (Å²) in [5, 5.41) is 8.23. The number of halogens is 2. The Morgan fingerprint density at radius 2 is 2.47 bits per heavy atom. The van der Waals surface area contributed by atoms with E-state index in [0.29, 0.717) is 6.04 Å². The molecule has 0 saturated carbocycles. The maximum absolute atomic E-state index is 11.7. The predicted octanol–water partition coefficient (Wildman–Crippen LogP) is 2.80. The molecule has 6 heteroatoms. The van der Waals surface area contributed by atoms with Gasteiger partial charge in [-0.2, -0.15) is 0 Å². The molecule has 96 valence electrons. The first-order valence-corrected chi connectivity index (χ1v) is 7.18. The van der Waals surface area contributed by atoms with E-state index in [9.17, 15) is 4.79 Å². The minimum Gasteiger partial charge on any atom is -0.352 e. The molecule has 0 unspecified atom stereocenters. The van der Waals surface area contributed by atoms with Crippen molar-refractivity contribution in [1.29, 1.82) is 0 Å². The molecular formula is C11H16BrClN2OS. The number of carbonyl (C=O) groups is 1. The van der Waals surface area contributed by atoms with E-state index in [4.69, 9.17) is 0 Å². The molecule has 1 fully saturated rings. The van der Waals surface area contributed by atoms with Gasteiger partial charge in [0.2, 0.25) is 0 Å². The van der Waals surface area contributed by atoms with Crippen molar-refractivity contribution in [3.8, 4) is 0 Å². The van der Waals surface area contributed by atoms with Crippen molar-refractivity contribution in [2.45, 2.75) is 25.3 Å². The molecule has 1 aliphatic rings. The van der Waals surface area contributed by atoms with E-state index >= 15 is 0 Å². The molecule has 0 aromatic carbocycles. The van der Waals surface area contributed by atoms with E-state index in [1.807, 2.05) is 11.4 Å². The van der Waals surface area contributed by atoms with Crippen LogP contribution in [0.25, 0.3) is 0 Å². The van der Waals surface area contributed by atoms with E-state index in [2.05, 4.69) is 26.6 Å². The molecule has 1 aliphatic heterocycles. The summed E-state index contributed by atoms with van der Waals surface area (Å²) in [6.07, 6.45) is 3.52. The zero-order valence-corrected chi connectivity index (χ0v) is 12.6.